The Balaban J connectivity index is 1.92. The maximum atomic E-state index is 11.7. The van der Waals surface area contributed by atoms with Gasteiger partial charge < -0.3 is 9.73 Å². The molecule has 0 aliphatic carbocycles. The normalized spacial score (nSPS) is 10.6. The number of anilines is 1. The van der Waals surface area contributed by atoms with E-state index in [2.05, 4.69) is 15.6 Å². The molecule has 0 fully saturated rings. The van der Waals surface area contributed by atoms with Gasteiger partial charge in [-0.3, -0.25) is 14.9 Å². The van der Waals surface area contributed by atoms with E-state index in [1.165, 1.54) is 17.6 Å². The lowest BCUT2D eigenvalue weighted by Crippen LogP contribution is -2.31. The van der Waals surface area contributed by atoms with E-state index in [0.717, 1.165) is 0 Å². The van der Waals surface area contributed by atoms with Crippen molar-refractivity contribution in [3.63, 3.8) is 0 Å². The van der Waals surface area contributed by atoms with Crippen molar-refractivity contribution in [2.45, 2.75) is 26.3 Å². The number of rotatable bonds is 5. The third-order valence-electron chi connectivity index (χ3n) is 2.31. The minimum absolute atomic E-state index is 0.0887. The van der Waals surface area contributed by atoms with Crippen molar-refractivity contribution < 1.29 is 14.0 Å². The van der Waals surface area contributed by atoms with Crippen LogP contribution >= 0.6 is 11.3 Å². The average molecular weight is 293 g/mol. The van der Waals surface area contributed by atoms with Crippen molar-refractivity contribution in [3.8, 4) is 0 Å². The van der Waals surface area contributed by atoms with Crippen LogP contribution in [0.2, 0.25) is 0 Å². The number of thiazole rings is 1. The first-order valence-corrected chi connectivity index (χ1v) is 7.01. The molecule has 2 heterocycles. The second kappa shape index (κ2) is 6.33. The zero-order valence-electron chi connectivity index (χ0n) is 11.2. The SMILES string of the molecule is CC(C)NC(=O)Cc1csc(NC(=O)c2ccco2)n1. The van der Waals surface area contributed by atoms with Gasteiger partial charge >= 0.3 is 0 Å². The number of carbonyl (C=O) groups is 2. The third-order valence-corrected chi connectivity index (χ3v) is 3.12. The lowest BCUT2D eigenvalue weighted by atomic mass is 10.3. The highest BCUT2D eigenvalue weighted by atomic mass is 32.1. The summed E-state index contributed by atoms with van der Waals surface area (Å²) in [6, 6.07) is 3.30. The number of hydrogen-bond acceptors (Lipinski definition) is 5. The Bertz CT molecular complexity index is 590. The van der Waals surface area contributed by atoms with E-state index in [1.807, 2.05) is 13.8 Å². The number of carbonyl (C=O) groups excluding carboxylic acids is 2. The first-order valence-electron chi connectivity index (χ1n) is 6.13. The van der Waals surface area contributed by atoms with Crippen LogP contribution in [0.4, 0.5) is 5.13 Å². The van der Waals surface area contributed by atoms with Gasteiger partial charge in [-0.2, -0.15) is 0 Å². The maximum absolute atomic E-state index is 11.7. The van der Waals surface area contributed by atoms with E-state index >= 15 is 0 Å². The summed E-state index contributed by atoms with van der Waals surface area (Å²) in [4.78, 5) is 27.5. The first kappa shape index (κ1) is 14.3. The number of furan rings is 1. The zero-order chi connectivity index (χ0) is 14.5. The molecule has 0 saturated heterocycles. The summed E-state index contributed by atoms with van der Waals surface area (Å²) in [5.74, 6) is -0.226. The van der Waals surface area contributed by atoms with Gasteiger partial charge in [0.25, 0.3) is 5.91 Å². The smallest absolute Gasteiger partial charge is 0.293 e. The molecule has 2 amide bonds. The van der Waals surface area contributed by atoms with Gasteiger partial charge in [0.2, 0.25) is 5.91 Å². The minimum Gasteiger partial charge on any atom is -0.459 e. The summed E-state index contributed by atoms with van der Waals surface area (Å²) in [6.45, 7) is 3.79. The van der Waals surface area contributed by atoms with E-state index in [9.17, 15) is 9.59 Å². The molecular formula is C13H15N3O3S. The summed E-state index contributed by atoms with van der Waals surface area (Å²) in [5.41, 5.74) is 0.628. The van der Waals surface area contributed by atoms with Gasteiger partial charge in [0.05, 0.1) is 18.4 Å². The summed E-state index contributed by atoms with van der Waals surface area (Å²) in [7, 11) is 0. The van der Waals surface area contributed by atoms with E-state index < -0.39 is 0 Å². The molecule has 2 aromatic heterocycles. The summed E-state index contributed by atoms with van der Waals surface area (Å²) < 4.78 is 4.98. The molecule has 0 spiro atoms. The average Bonchev–Trinajstić information content (AvgIpc) is 2.99. The van der Waals surface area contributed by atoms with Crippen LogP contribution < -0.4 is 10.6 Å². The number of amides is 2. The van der Waals surface area contributed by atoms with E-state index in [-0.39, 0.29) is 30.0 Å². The molecule has 0 aromatic carbocycles. The van der Waals surface area contributed by atoms with E-state index in [4.69, 9.17) is 4.42 Å². The molecular weight excluding hydrogens is 278 g/mol. The van der Waals surface area contributed by atoms with Gasteiger partial charge in [-0.25, -0.2) is 4.98 Å². The number of hydrogen-bond donors (Lipinski definition) is 2. The molecule has 20 heavy (non-hydrogen) atoms. The molecule has 0 bridgehead atoms. The molecule has 0 atom stereocenters. The van der Waals surface area contributed by atoms with Gasteiger partial charge in [0.1, 0.15) is 0 Å². The van der Waals surface area contributed by atoms with Gasteiger partial charge in [-0.05, 0) is 26.0 Å². The predicted octanol–water partition coefficient (Wildman–Crippen LogP) is 2.06. The Morgan fingerprint density at radius 1 is 1.45 bits per heavy atom. The van der Waals surface area contributed by atoms with Crippen LogP contribution in [0.25, 0.3) is 0 Å². The fourth-order valence-corrected chi connectivity index (χ4v) is 2.25. The molecule has 106 valence electrons. The van der Waals surface area contributed by atoms with E-state index in [0.29, 0.717) is 10.8 Å². The monoisotopic (exact) mass is 293 g/mol. The highest BCUT2D eigenvalue weighted by Gasteiger charge is 2.13. The quantitative estimate of drug-likeness (QED) is 0.883. The van der Waals surface area contributed by atoms with Crippen molar-refractivity contribution in [2.75, 3.05) is 5.32 Å². The molecule has 6 nitrogen and oxygen atoms in total. The summed E-state index contributed by atoms with van der Waals surface area (Å²) in [6.07, 6.45) is 1.63. The van der Waals surface area contributed by atoms with Crippen molar-refractivity contribution >= 4 is 28.3 Å². The Kier molecular flexibility index (Phi) is 4.52. The Morgan fingerprint density at radius 3 is 2.90 bits per heavy atom. The number of nitrogens with one attached hydrogen (secondary N) is 2. The second-order valence-corrected chi connectivity index (χ2v) is 5.33. The van der Waals surface area contributed by atoms with Crippen LogP contribution in [-0.2, 0) is 11.2 Å². The van der Waals surface area contributed by atoms with Gasteiger partial charge in [-0.15, -0.1) is 11.3 Å². The van der Waals surface area contributed by atoms with Crippen molar-refractivity contribution in [1.29, 1.82) is 0 Å². The Labute approximate surface area is 120 Å². The highest BCUT2D eigenvalue weighted by molar-refractivity contribution is 7.14. The predicted molar refractivity (Wildman–Crippen MR) is 75.8 cm³/mol. The van der Waals surface area contributed by atoms with Crippen LogP contribution in [0, 0.1) is 0 Å². The molecule has 2 N–H and O–H groups in total. The minimum atomic E-state index is -0.359. The molecule has 0 saturated carbocycles. The lowest BCUT2D eigenvalue weighted by Gasteiger charge is -2.06. The third kappa shape index (κ3) is 3.92. The number of aromatic nitrogens is 1. The van der Waals surface area contributed by atoms with E-state index in [1.54, 1.807) is 17.5 Å². The standard InChI is InChI=1S/C13H15N3O3S/c1-8(2)14-11(17)6-9-7-20-13(15-9)16-12(18)10-4-3-5-19-10/h3-5,7-8H,6H2,1-2H3,(H,14,17)(H,15,16,18). The highest BCUT2D eigenvalue weighted by Crippen LogP contribution is 2.17. The largest absolute Gasteiger partial charge is 0.459 e. The molecule has 0 unspecified atom stereocenters. The zero-order valence-corrected chi connectivity index (χ0v) is 12.0. The van der Waals surface area contributed by atoms with Crippen LogP contribution in [0.1, 0.15) is 30.1 Å². The van der Waals surface area contributed by atoms with Gasteiger partial charge in [0, 0.05) is 11.4 Å². The van der Waals surface area contributed by atoms with Gasteiger partial charge in [-0.1, -0.05) is 0 Å². The fourth-order valence-electron chi connectivity index (χ4n) is 1.55. The van der Waals surface area contributed by atoms with Crippen molar-refractivity contribution in [3.05, 3.63) is 35.2 Å². The molecule has 0 aliphatic rings. The van der Waals surface area contributed by atoms with Gasteiger partial charge in [0.15, 0.2) is 10.9 Å². The van der Waals surface area contributed by atoms with Crippen LogP contribution in [0.3, 0.4) is 0 Å². The molecule has 0 radical (unpaired) electrons. The lowest BCUT2D eigenvalue weighted by molar-refractivity contribution is -0.120. The summed E-state index contributed by atoms with van der Waals surface area (Å²) >= 11 is 1.27. The van der Waals surface area contributed by atoms with Crippen molar-refractivity contribution in [2.24, 2.45) is 0 Å². The molecule has 2 rings (SSSR count). The topological polar surface area (TPSA) is 84.2 Å². The van der Waals surface area contributed by atoms with Crippen LogP contribution in [0.5, 0.6) is 0 Å². The Hall–Kier alpha value is -2.15. The fraction of sp³-hybridized carbons (Fsp3) is 0.308. The van der Waals surface area contributed by atoms with Crippen molar-refractivity contribution in [1.82, 2.24) is 10.3 Å². The number of nitrogens with zero attached hydrogens (tertiary/aromatic N) is 1. The maximum Gasteiger partial charge on any atom is 0.293 e. The molecule has 7 heteroatoms. The second-order valence-electron chi connectivity index (χ2n) is 4.47. The summed E-state index contributed by atoms with van der Waals surface area (Å²) in [5, 5.41) is 7.60. The molecule has 0 aliphatic heterocycles. The first-order chi connectivity index (χ1) is 9.54. The van der Waals surface area contributed by atoms with Crippen LogP contribution in [-0.4, -0.2) is 22.8 Å². The molecule has 2 aromatic rings. The Morgan fingerprint density at radius 2 is 2.25 bits per heavy atom. The van der Waals surface area contributed by atoms with Crippen LogP contribution in [0.15, 0.2) is 28.2 Å².